The number of amides is 2. The molecule has 4 rings (SSSR count). The first kappa shape index (κ1) is 19.5. The number of aryl methyl sites for hydroxylation is 1. The van der Waals surface area contributed by atoms with Crippen LogP contribution in [0.5, 0.6) is 0 Å². The van der Waals surface area contributed by atoms with E-state index >= 15 is 0 Å². The molecule has 152 valence electrons. The van der Waals surface area contributed by atoms with Gasteiger partial charge in [-0.2, -0.15) is 13.2 Å². The molecule has 0 bridgehead atoms. The molecule has 0 saturated carbocycles. The summed E-state index contributed by atoms with van der Waals surface area (Å²) in [5.74, 6) is 0. The van der Waals surface area contributed by atoms with Crippen molar-refractivity contribution in [1.29, 1.82) is 0 Å². The van der Waals surface area contributed by atoms with Crippen molar-refractivity contribution >= 4 is 38.4 Å². The highest BCUT2D eigenvalue weighted by Gasteiger charge is 2.31. The number of carbonyl (C=O) groups is 1. The lowest BCUT2D eigenvalue weighted by molar-refractivity contribution is -0.137. The maximum Gasteiger partial charge on any atom is 0.416 e. The second kappa shape index (κ2) is 7.55. The standard InChI is InChI=1S/C20H19F3N4OS/c1-13-5-6-16-17(11-13)29-19(25-16)27-9-7-26(8-10-27)18(28)24-15-4-2-3-14(12-15)20(21,22)23/h2-6,11-12H,7-10H2,1H3,(H,24,28). The van der Waals surface area contributed by atoms with E-state index in [1.807, 2.05) is 19.1 Å². The number of urea groups is 1. The molecule has 1 aliphatic rings. The lowest BCUT2D eigenvalue weighted by Crippen LogP contribution is -2.50. The molecule has 2 aromatic carbocycles. The van der Waals surface area contributed by atoms with E-state index in [1.165, 1.54) is 17.7 Å². The average Bonchev–Trinajstić information content (AvgIpc) is 3.11. The minimum absolute atomic E-state index is 0.133. The second-order valence-electron chi connectivity index (χ2n) is 6.95. The van der Waals surface area contributed by atoms with E-state index in [0.29, 0.717) is 26.2 Å². The first-order chi connectivity index (χ1) is 13.8. The molecular formula is C20H19F3N4OS. The summed E-state index contributed by atoms with van der Waals surface area (Å²) in [6.07, 6.45) is -4.44. The van der Waals surface area contributed by atoms with E-state index in [0.717, 1.165) is 27.5 Å². The van der Waals surface area contributed by atoms with Gasteiger partial charge in [0, 0.05) is 31.9 Å². The fourth-order valence-corrected chi connectivity index (χ4v) is 4.35. The van der Waals surface area contributed by atoms with Gasteiger partial charge in [0.2, 0.25) is 0 Å². The molecule has 1 aliphatic heterocycles. The molecular weight excluding hydrogens is 401 g/mol. The first-order valence-electron chi connectivity index (χ1n) is 9.15. The molecule has 1 N–H and O–H groups in total. The zero-order valence-electron chi connectivity index (χ0n) is 15.7. The number of carbonyl (C=O) groups excluding carboxylic acids is 1. The van der Waals surface area contributed by atoms with Gasteiger partial charge in [0.25, 0.3) is 0 Å². The van der Waals surface area contributed by atoms with Crippen LogP contribution in [0.2, 0.25) is 0 Å². The van der Waals surface area contributed by atoms with E-state index < -0.39 is 17.8 Å². The van der Waals surface area contributed by atoms with Gasteiger partial charge in [-0.1, -0.05) is 23.5 Å². The molecule has 0 spiro atoms. The Labute approximate surface area is 169 Å². The quantitative estimate of drug-likeness (QED) is 0.636. The Morgan fingerprint density at radius 2 is 1.86 bits per heavy atom. The molecule has 2 heterocycles. The second-order valence-corrected chi connectivity index (χ2v) is 7.96. The first-order valence-corrected chi connectivity index (χ1v) is 9.96. The molecule has 9 heteroatoms. The third-order valence-corrected chi connectivity index (χ3v) is 5.89. The van der Waals surface area contributed by atoms with Crippen LogP contribution in [0.4, 0.5) is 28.8 Å². The van der Waals surface area contributed by atoms with Crippen LogP contribution in [-0.4, -0.2) is 42.1 Å². The Bertz CT molecular complexity index is 1040. The van der Waals surface area contributed by atoms with E-state index in [1.54, 1.807) is 16.2 Å². The average molecular weight is 420 g/mol. The molecule has 3 aromatic rings. The molecule has 1 saturated heterocycles. The normalized spacial score (nSPS) is 15.0. The Morgan fingerprint density at radius 3 is 2.59 bits per heavy atom. The largest absolute Gasteiger partial charge is 0.416 e. The fraction of sp³-hybridized carbons (Fsp3) is 0.300. The highest BCUT2D eigenvalue weighted by atomic mass is 32.1. The van der Waals surface area contributed by atoms with Gasteiger partial charge in [0.15, 0.2) is 5.13 Å². The van der Waals surface area contributed by atoms with E-state index in [-0.39, 0.29) is 5.69 Å². The molecule has 2 amide bonds. The summed E-state index contributed by atoms with van der Waals surface area (Å²) in [6, 6.07) is 10.4. The smallest absolute Gasteiger partial charge is 0.345 e. The van der Waals surface area contributed by atoms with Crippen molar-refractivity contribution in [1.82, 2.24) is 9.88 Å². The maximum atomic E-state index is 12.8. The fourth-order valence-electron chi connectivity index (χ4n) is 3.23. The van der Waals surface area contributed by atoms with Gasteiger partial charge in [-0.05, 0) is 42.8 Å². The number of alkyl halides is 3. The van der Waals surface area contributed by atoms with Gasteiger partial charge < -0.3 is 15.1 Å². The number of fused-ring (bicyclic) bond motifs is 1. The summed E-state index contributed by atoms with van der Waals surface area (Å²) in [5, 5.41) is 3.48. The Kier molecular flexibility index (Phi) is 5.08. The van der Waals surface area contributed by atoms with Gasteiger partial charge in [0.1, 0.15) is 0 Å². The number of hydrogen-bond acceptors (Lipinski definition) is 4. The molecule has 0 aliphatic carbocycles. The van der Waals surface area contributed by atoms with Crippen LogP contribution in [0.1, 0.15) is 11.1 Å². The van der Waals surface area contributed by atoms with Crippen LogP contribution in [0.15, 0.2) is 42.5 Å². The van der Waals surface area contributed by atoms with Crippen LogP contribution >= 0.6 is 11.3 Å². The maximum absolute atomic E-state index is 12.8. The molecule has 1 aromatic heterocycles. The van der Waals surface area contributed by atoms with Gasteiger partial charge in [0.05, 0.1) is 15.8 Å². The molecule has 5 nitrogen and oxygen atoms in total. The van der Waals surface area contributed by atoms with Crippen molar-refractivity contribution < 1.29 is 18.0 Å². The number of rotatable bonds is 2. The minimum Gasteiger partial charge on any atom is -0.345 e. The van der Waals surface area contributed by atoms with E-state index in [9.17, 15) is 18.0 Å². The number of hydrogen-bond donors (Lipinski definition) is 1. The van der Waals surface area contributed by atoms with Gasteiger partial charge in [-0.3, -0.25) is 0 Å². The molecule has 1 fully saturated rings. The van der Waals surface area contributed by atoms with Crippen LogP contribution in [-0.2, 0) is 6.18 Å². The predicted molar refractivity (Wildman–Crippen MR) is 109 cm³/mol. The molecule has 29 heavy (non-hydrogen) atoms. The van der Waals surface area contributed by atoms with Crippen molar-refractivity contribution in [3.05, 3.63) is 53.6 Å². The van der Waals surface area contributed by atoms with Gasteiger partial charge in [-0.25, -0.2) is 9.78 Å². The number of thiazole rings is 1. The summed E-state index contributed by atoms with van der Waals surface area (Å²) >= 11 is 1.62. The van der Waals surface area contributed by atoms with Crippen molar-refractivity contribution in [2.24, 2.45) is 0 Å². The Balaban J connectivity index is 1.38. The van der Waals surface area contributed by atoms with Gasteiger partial charge in [-0.15, -0.1) is 0 Å². The zero-order chi connectivity index (χ0) is 20.6. The van der Waals surface area contributed by atoms with E-state index in [4.69, 9.17) is 0 Å². The zero-order valence-corrected chi connectivity index (χ0v) is 16.5. The van der Waals surface area contributed by atoms with Crippen LogP contribution < -0.4 is 10.2 Å². The number of nitrogens with zero attached hydrogens (tertiary/aromatic N) is 3. The Morgan fingerprint density at radius 1 is 1.10 bits per heavy atom. The highest BCUT2D eigenvalue weighted by Crippen LogP contribution is 2.31. The lowest BCUT2D eigenvalue weighted by Gasteiger charge is -2.34. The topological polar surface area (TPSA) is 48.5 Å². The molecule has 0 atom stereocenters. The van der Waals surface area contributed by atoms with Crippen molar-refractivity contribution in [3.63, 3.8) is 0 Å². The third-order valence-electron chi connectivity index (χ3n) is 4.81. The summed E-state index contributed by atoms with van der Waals surface area (Å²) in [4.78, 5) is 20.9. The number of anilines is 2. The number of aromatic nitrogens is 1. The minimum atomic E-state index is -4.44. The van der Waals surface area contributed by atoms with Crippen molar-refractivity contribution in [2.45, 2.75) is 13.1 Å². The molecule has 0 radical (unpaired) electrons. The molecule has 0 unspecified atom stereocenters. The lowest BCUT2D eigenvalue weighted by atomic mass is 10.2. The highest BCUT2D eigenvalue weighted by molar-refractivity contribution is 7.22. The summed E-state index contributed by atoms with van der Waals surface area (Å²) < 4.78 is 39.6. The van der Waals surface area contributed by atoms with Crippen LogP contribution in [0, 0.1) is 6.92 Å². The Hall–Kier alpha value is -2.81. The monoisotopic (exact) mass is 420 g/mol. The van der Waals surface area contributed by atoms with Gasteiger partial charge >= 0.3 is 12.2 Å². The third kappa shape index (κ3) is 4.29. The van der Waals surface area contributed by atoms with Crippen LogP contribution in [0.3, 0.4) is 0 Å². The number of benzene rings is 2. The summed E-state index contributed by atoms with van der Waals surface area (Å²) in [6.45, 7) is 4.23. The van der Waals surface area contributed by atoms with Crippen molar-refractivity contribution in [2.75, 3.05) is 36.4 Å². The number of nitrogens with one attached hydrogen (secondary N) is 1. The predicted octanol–water partition coefficient (Wildman–Crippen LogP) is 4.98. The number of halogens is 3. The van der Waals surface area contributed by atoms with E-state index in [2.05, 4.69) is 21.3 Å². The van der Waals surface area contributed by atoms with Crippen molar-refractivity contribution in [3.8, 4) is 0 Å². The summed E-state index contributed by atoms with van der Waals surface area (Å²) in [7, 11) is 0. The number of piperazine rings is 1. The summed E-state index contributed by atoms with van der Waals surface area (Å²) in [5.41, 5.74) is 1.49. The van der Waals surface area contributed by atoms with Crippen LogP contribution in [0.25, 0.3) is 10.2 Å². The SMILES string of the molecule is Cc1ccc2nc(N3CCN(C(=O)Nc4cccc(C(F)(F)F)c4)CC3)sc2c1.